The Morgan fingerprint density at radius 2 is 1.67 bits per heavy atom. The number of thiazole rings is 1. The summed E-state index contributed by atoms with van der Waals surface area (Å²) in [6.45, 7) is 16.6. The summed E-state index contributed by atoms with van der Waals surface area (Å²) in [6.07, 6.45) is 7.93. The van der Waals surface area contributed by atoms with Crippen LogP contribution in [0.2, 0.25) is 0 Å². The molecular weight excluding hydrogens is 1150 g/mol. The lowest BCUT2D eigenvalue weighted by Crippen LogP contribution is -2.57. The minimum absolute atomic E-state index is 0.00694. The van der Waals surface area contributed by atoms with Crippen molar-refractivity contribution in [3.8, 4) is 51.6 Å². The molecule has 4 aromatic carbocycles. The summed E-state index contributed by atoms with van der Waals surface area (Å²) in [5, 5.41) is 19.4. The highest BCUT2D eigenvalue weighted by atomic mass is 32.1. The van der Waals surface area contributed by atoms with E-state index in [2.05, 4.69) is 31.2 Å². The number of nitrogens with zero attached hydrogens (tertiary/aromatic N) is 8. The topological polar surface area (TPSA) is 207 Å². The fraction of sp³-hybridized carbons (Fsp3) is 0.470. The number of rotatable bonds is 19. The van der Waals surface area contributed by atoms with Crippen LogP contribution < -0.4 is 24.4 Å². The van der Waals surface area contributed by atoms with Gasteiger partial charge in [-0.3, -0.25) is 19.4 Å². The van der Waals surface area contributed by atoms with E-state index in [-0.39, 0.29) is 103 Å². The Balaban J connectivity index is 0.738. The fourth-order valence-corrected chi connectivity index (χ4v) is 13.6. The molecule has 0 radical (unpaired) electrons. The van der Waals surface area contributed by atoms with Crippen molar-refractivity contribution in [2.24, 2.45) is 11.8 Å². The number of fused-ring (bicyclic) bond motifs is 4. The largest absolute Gasteiger partial charge is 0.475 e. The molecule has 22 heteroatoms. The number of aliphatic hydroxyl groups excluding tert-OH is 1. The second-order valence-electron chi connectivity index (χ2n) is 24.8. The number of terminal acetylenes is 1. The van der Waals surface area contributed by atoms with Crippen LogP contribution >= 0.6 is 11.3 Å². The predicted molar refractivity (Wildman–Crippen MR) is 329 cm³/mol. The van der Waals surface area contributed by atoms with Crippen LogP contribution in [0.25, 0.3) is 43.2 Å². The van der Waals surface area contributed by atoms with Crippen LogP contribution in [0.3, 0.4) is 0 Å². The Labute approximate surface area is 514 Å². The second-order valence-corrected chi connectivity index (χ2v) is 25.6. The van der Waals surface area contributed by atoms with Crippen LogP contribution in [0.15, 0.2) is 76.8 Å². The number of carbonyl (C=O) groups excluding carboxylic acids is 3. The number of methoxy groups -OCH3 is 1. The number of hydrogen-bond donors (Lipinski definition) is 2. The van der Waals surface area contributed by atoms with Crippen LogP contribution in [0, 0.1) is 42.7 Å². The lowest BCUT2D eigenvalue weighted by molar-refractivity contribution is -0.141. The van der Waals surface area contributed by atoms with Gasteiger partial charge in [-0.2, -0.15) is 9.97 Å². The molecule has 2 N–H and O–H groups in total. The third-order valence-corrected chi connectivity index (χ3v) is 18.1. The van der Waals surface area contributed by atoms with E-state index in [0.717, 1.165) is 60.5 Å². The molecular formula is C66H75F2N9O10S. The van der Waals surface area contributed by atoms with Gasteiger partial charge in [0.05, 0.1) is 52.5 Å². The van der Waals surface area contributed by atoms with Crippen LogP contribution in [0.4, 0.5) is 19.4 Å². The zero-order valence-corrected chi connectivity index (χ0v) is 51.7. The van der Waals surface area contributed by atoms with Gasteiger partial charge in [0.15, 0.2) is 18.4 Å². The van der Waals surface area contributed by atoms with E-state index in [1.54, 1.807) is 47.7 Å². The molecule has 2 bridgehead atoms. The average Bonchev–Trinajstić information content (AvgIpc) is 0.891. The molecule has 4 aliphatic heterocycles. The van der Waals surface area contributed by atoms with Crippen molar-refractivity contribution in [2.75, 3.05) is 71.3 Å². The van der Waals surface area contributed by atoms with Gasteiger partial charge >= 0.3 is 12.1 Å². The summed E-state index contributed by atoms with van der Waals surface area (Å²) in [4.78, 5) is 64.5. The Kier molecular flexibility index (Phi) is 18.2. The molecule has 7 heterocycles. The van der Waals surface area contributed by atoms with E-state index in [1.165, 1.54) is 18.1 Å². The summed E-state index contributed by atoms with van der Waals surface area (Å²) in [5.74, 6) is 1.05. The molecule has 3 unspecified atom stereocenters. The van der Waals surface area contributed by atoms with Crippen molar-refractivity contribution < 1.29 is 56.5 Å². The third kappa shape index (κ3) is 13.1. The van der Waals surface area contributed by atoms with Crippen molar-refractivity contribution in [3.63, 3.8) is 0 Å². The number of aliphatic hydroxyl groups is 1. The zero-order valence-electron chi connectivity index (χ0n) is 50.9. The van der Waals surface area contributed by atoms with E-state index in [9.17, 15) is 19.5 Å². The lowest BCUT2D eigenvalue weighted by Gasteiger charge is -2.42. The first-order valence-electron chi connectivity index (χ1n) is 30.1. The van der Waals surface area contributed by atoms with Gasteiger partial charge in [-0.1, -0.05) is 56.2 Å². The van der Waals surface area contributed by atoms with Crippen molar-refractivity contribution >= 4 is 56.7 Å². The first-order chi connectivity index (χ1) is 42.2. The fourth-order valence-electron chi connectivity index (χ4n) is 12.8. The Hall–Kier alpha value is -7.97. The van der Waals surface area contributed by atoms with E-state index < -0.39 is 35.3 Å². The number of nitrogens with one attached hydrogen (secondary N) is 1. The van der Waals surface area contributed by atoms with Gasteiger partial charge in [0.1, 0.15) is 47.1 Å². The van der Waals surface area contributed by atoms with Gasteiger partial charge in [0.2, 0.25) is 11.8 Å². The van der Waals surface area contributed by atoms with Crippen molar-refractivity contribution in [3.05, 3.63) is 106 Å². The molecule has 19 nitrogen and oxygen atoms in total. The van der Waals surface area contributed by atoms with E-state index >= 15 is 8.78 Å². The second kappa shape index (κ2) is 26.0. The molecule has 3 aromatic heterocycles. The molecule has 0 spiro atoms. The smallest absolute Gasteiger partial charge is 0.410 e. The maximum absolute atomic E-state index is 17.7. The molecule has 0 saturated carbocycles. The maximum Gasteiger partial charge on any atom is 0.410 e. The summed E-state index contributed by atoms with van der Waals surface area (Å²) >= 11 is 1.57. The van der Waals surface area contributed by atoms with E-state index in [1.807, 2.05) is 83.1 Å². The maximum atomic E-state index is 17.7. The Morgan fingerprint density at radius 3 is 2.35 bits per heavy atom. The molecule has 11 rings (SSSR count). The van der Waals surface area contributed by atoms with Gasteiger partial charge < -0.3 is 48.4 Å². The lowest BCUT2D eigenvalue weighted by atomic mass is 9.91. The highest BCUT2D eigenvalue weighted by molar-refractivity contribution is 7.13. The van der Waals surface area contributed by atoms with Gasteiger partial charge in [-0.05, 0) is 137 Å². The minimum atomic E-state index is -0.875. The van der Waals surface area contributed by atoms with E-state index in [4.69, 9.17) is 44.6 Å². The average molecular weight is 1220 g/mol. The normalized spacial score (nSPS) is 19.7. The van der Waals surface area contributed by atoms with Gasteiger partial charge in [-0.15, -0.1) is 17.8 Å². The number of anilines is 1. The number of aryl methyl sites for hydroxylation is 1. The summed E-state index contributed by atoms with van der Waals surface area (Å²) < 4.78 is 68.2. The number of piperidine rings is 1. The summed E-state index contributed by atoms with van der Waals surface area (Å²) in [5.41, 5.74) is 4.45. The van der Waals surface area contributed by atoms with Crippen LogP contribution in [0.1, 0.15) is 108 Å². The van der Waals surface area contributed by atoms with Crippen LogP contribution in [-0.2, 0) is 19.1 Å². The van der Waals surface area contributed by atoms with Gasteiger partial charge in [-0.25, -0.2) is 18.6 Å². The molecule has 6 atom stereocenters. The summed E-state index contributed by atoms with van der Waals surface area (Å²) in [6, 6.07) is 17.6. The number of piperazine rings is 1. The number of hydrogen-bond acceptors (Lipinski definition) is 17. The predicted octanol–water partition coefficient (Wildman–Crippen LogP) is 10.4. The number of benzene rings is 4. The number of halogens is 2. The number of carbonyl (C=O) groups is 3. The summed E-state index contributed by atoms with van der Waals surface area (Å²) in [7, 11) is 1.49. The van der Waals surface area contributed by atoms with Crippen molar-refractivity contribution in [1.29, 1.82) is 0 Å². The van der Waals surface area contributed by atoms with Gasteiger partial charge in [0, 0.05) is 62.1 Å². The molecule has 4 aliphatic rings. The first kappa shape index (κ1) is 61.7. The number of amides is 3. The number of aromatic nitrogens is 4. The van der Waals surface area contributed by atoms with Crippen molar-refractivity contribution in [1.82, 2.24) is 40.1 Å². The molecule has 7 aromatic rings. The third-order valence-electron chi connectivity index (χ3n) is 17.2. The van der Waals surface area contributed by atoms with Gasteiger partial charge in [0.25, 0.3) is 5.88 Å². The highest BCUT2D eigenvalue weighted by Crippen LogP contribution is 2.43. The SMILES string of the molecule is C#Cc1c(F)ccc2cc(OCOC)cc(-c3ccc4c(N5CC6CCC(C5)N6C(=O)OC(C)(C)C)nc(OCCN5CCC(COc6cc(C(C(=O)N7C[C@H](O)C[C@H]7C(=O)N[C@@H](C)c7ccc(-c8scnc8C)cc7)C(C)C)on6)CC5)nc4c3F)c12. The standard InChI is InChI=1S/C66H75F2N9O10S/c1-10-48-52(67)20-15-43-27-47(85-36-82-9)29-51(57(43)48)49-18-19-50-59(58(49)68)71-64(72-61(50)75-31-44-16-17-45(32-75)77(44)65(81)86-66(6,7)8)83-26-25-74-23-21-40(22-24-74)34-84-55-30-54(87-73-55)56(37(2)3)63(80)76-33-46(78)28-53(76)62(79)70-38(4)41-11-13-42(14-12-41)60-39(5)69-35-88-60/h1,11-15,18-20,27,29-30,35,37-38,40,44-46,53,56,78H,16-17,21-26,28,31-34,36H2,2-9H3,(H,70,79)/t38-,44?,45?,46+,53-,56?/m0/s1. The molecule has 464 valence electrons. The zero-order chi connectivity index (χ0) is 62.1. The molecule has 4 fully saturated rings. The first-order valence-corrected chi connectivity index (χ1v) is 31.0. The Bertz CT molecular complexity index is 3730. The number of β-amino-alcohol motifs (C(OH)–C–C–N with tert-alkyl or cyclic N) is 1. The van der Waals surface area contributed by atoms with E-state index in [0.29, 0.717) is 65.3 Å². The van der Waals surface area contributed by atoms with Crippen LogP contribution in [-0.4, -0.2) is 154 Å². The molecule has 88 heavy (non-hydrogen) atoms. The monoisotopic (exact) mass is 1220 g/mol. The molecule has 4 saturated heterocycles. The molecule has 3 amide bonds. The quantitative estimate of drug-likeness (QED) is 0.0570. The number of likely N-dealkylation sites (tertiary alicyclic amines) is 2. The number of ether oxygens (including phenoxy) is 5. The Morgan fingerprint density at radius 1 is 0.920 bits per heavy atom. The minimum Gasteiger partial charge on any atom is -0.475 e. The van der Waals surface area contributed by atoms with Crippen LogP contribution in [0.5, 0.6) is 17.6 Å². The highest BCUT2D eigenvalue weighted by Gasteiger charge is 2.46. The van der Waals surface area contributed by atoms with Crippen molar-refractivity contribution in [2.45, 2.75) is 122 Å². The molecule has 0 aliphatic carbocycles.